The SMILES string of the molecule is Cc1ncsc1-c1ccc(CNC(=O)C2C[C@@H](O)CN2C(=O)[C@@H](NC(=O)C2(F)CC2)C(C)(C)C)c(OCC(=O)CCCCCCCCCCONC(=O)c2ccc(F)c(F)c2Nc2ccc(I)cc2F)c1.Cc1ncsc1-c1ccc(CNC(=O)C2C[C@@H](O)CN2C(=O)[C@@H](NC(=O)C2(F)CC2)C(C)(C)C)c(OCC(=O)CCCCCCN)c1. The molecule has 2 aromatic heterocycles. The number of anilines is 2. The molecule has 642 valence electrons. The second-order valence-electron chi connectivity index (χ2n) is 32.9. The number of β-amino-alcohol motifs (C(OH)–C–C–N with tert-alkyl or cyclic N) is 2. The van der Waals surface area contributed by atoms with E-state index in [1.165, 1.54) is 44.6 Å². The Morgan fingerprint density at radius 1 is 0.593 bits per heavy atom. The van der Waals surface area contributed by atoms with Gasteiger partial charge in [0.2, 0.25) is 23.6 Å². The number of carbonyl (C=O) groups excluding carboxylic acids is 9. The van der Waals surface area contributed by atoms with Crippen LogP contribution in [0.4, 0.5) is 33.3 Å². The first kappa shape index (κ1) is 93.3. The summed E-state index contributed by atoms with van der Waals surface area (Å²) in [4.78, 5) is 137. The number of ketones is 2. The van der Waals surface area contributed by atoms with Crippen LogP contribution in [0.1, 0.15) is 203 Å². The van der Waals surface area contributed by atoms with E-state index in [0.717, 1.165) is 109 Å². The number of nitrogens with zero attached hydrogens (tertiary/aromatic N) is 4. The number of ether oxygens (including phenoxy) is 2. The third-order valence-electron chi connectivity index (χ3n) is 21.1. The minimum atomic E-state index is -2.00. The number of aliphatic hydroxyl groups excluding tert-OH is 2. The second kappa shape index (κ2) is 42.6. The van der Waals surface area contributed by atoms with E-state index in [1.54, 1.807) is 64.7 Å². The first-order valence-electron chi connectivity index (χ1n) is 40.2. The number of aromatic nitrogens is 2. The molecule has 2 saturated carbocycles. The largest absolute Gasteiger partial charge is 0.485 e. The fraction of sp³-hybridized carbons (Fsp3) is 0.541. The van der Waals surface area contributed by atoms with E-state index in [2.05, 4.69) is 42.0 Å². The second-order valence-corrected chi connectivity index (χ2v) is 35.8. The van der Waals surface area contributed by atoms with Crippen LogP contribution in [0.25, 0.3) is 20.9 Å². The van der Waals surface area contributed by atoms with Crippen LogP contribution < -0.4 is 47.3 Å². The van der Waals surface area contributed by atoms with E-state index < -0.39 is 123 Å². The number of aliphatic hydroxyl groups is 2. The number of benzene rings is 4. The standard InChI is InChI=1S/C51H61F4IN6O8S.C34H48FN5O6S/c1-30-44(71-29-58-30)31-14-15-32(26-57-47(66)40-25-35(64)27-62(40)48(67)45(50(2,3)4)60-49(68)51(55)20-21-51)41(23-31)69-28-34(63)13-11-9-7-5-6-8-10-12-22-70-61-46(65)36-17-18-37(52)42(54)43(36)59-39-19-16-33(56)24-38(39)53;1-21-28(47-20-38-21)22-10-11-23(27(15-22)46-19-24(41)9-7-5-6-8-14-36)17-37-30(43)26-16-25(42)18-40(26)31(44)29(33(2,3)4)39-32(45)34(35)12-13-34/h14-19,23-24,29,35,40,45,59,64H,5-13,20-22,25-28H2,1-4H3,(H,57,66)(H,60,68)(H,61,65);10-11,15,20,25-26,29,42H,5-9,12-14,16-19,36H2,1-4H3,(H,37,43)(H,39,45)/t35-,40?,45-;25-,26?,29-/m11/s1. The van der Waals surface area contributed by atoms with Gasteiger partial charge >= 0.3 is 0 Å². The Morgan fingerprint density at radius 3 is 1.45 bits per heavy atom. The van der Waals surface area contributed by atoms with Gasteiger partial charge in [0.1, 0.15) is 54.7 Å². The molecule has 2 saturated heterocycles. The van der Waals surface area contributed by atoms with Crippen molar-refractivity contribution in [2.24, 2.45) is 16.6 Å². The molecule has 10 N–H and O–H groups in total. The molecule has 33 heteroatoms. The van der Waals surface area contributed by atoms with Gasteiger partial charge in [-0.15, -0.1) is 22.7 Å². The predicted molar refractivity (Wildman–Crippen MR) is 446 cm³/mol. The number of unbranched alkanes of at least 4 members (excludes halogenated alkanes) is 10. The average molecular weight is 1790 g/mol. The van der Waals surface area contributed by atoms with Gasteiger partial charge in [-0.25, -0.2) is 37.4 Å². The number of alkyl halides is 2. The molecule has 4 aliphatic rings. The molecule has 6 aromatic rings. The zero-order valence-corrected chi connectivity index (χ0v) is 71.8. The van der Waals surface area contributed by atoms with Gasteiger partial charge in [0.25, 0.3) is 17.7 Å². The summed E-state index contributed by atoms with van der Waals surface area (Å²) in [7, 11) is 0. The first-order chi connectivity index (χ1) is 56.0. The van der Waals surface area contributed by atoms with Gasteiger partial charge in [-0.1, -0.05) is 117 Å². The van der Waals surface area contributed by atoms with Crippen molar-refractivity contribution in [2.45, 2.75) is 245 Å². The van der Waals surface area contributed by atoms with Gasteiger partial charge in [0.15, 0.2) is 34.5 Å². The van der Waals surface area contributed by atoms with Crippen LogP contribution in [-0.2, 0) is 56.3 Å². The molecule has 10 rings (SSSR count). The number of likely N-dealkylation sites (tertiary alicyclic amines) is 2. The van der Waals surface area contributed by atoms with E-state index in [-0.39, 0.29) is 107 Å². The lowest BCUT2D eigenvalue weighted by molar-refractivity contribution is -0.145. The number of aryl methyl sites for hydroxylation is 2. The number of rotatable bonds is 41. The van der Waals surface area contributed by atoms with Crippen LogP contribution in [0.15, 0.2) is 77.8 Å². The monoisotopic (exact) mass is 1790 g/mol. The van der Waals surface area contributed by atoms with Crippen molar-refractivity contribution in [1.82, 2.24) is 46.5 Å². The molecule has 118 heavy (non-hydrogen) atoms. The molecule has 2 aliphatic heterocycles. The maximum absolute atomic E-state index is 14.7. The fourth-order valence-electron chi connectivity index (χ4n) is 13.7. The van der Waals surface area contributed by atoms with Gasteiger partial charge in [-0.05, 0) is 159 Å². The summed E-state index contributed by atoms with van der Waals surface area (Å²) in [5.74, 6) is -7.15. The molecule has 4 heterocycles. The Bertz CT molecular complexity index is 4530. The highest BCUT2D eigenvalue weighted by atomic mass is 127. The summed E-state index contributed by atoms with van der Waals surface area (Å²) in [5.41, 5.74) is 9.44. The minimum Gasteiger partial charge on any atom is -0.485 e. The number of nitrogens with two attached hydrogens (primary N) is 1. The molecule has 0 spiro atoms. The van der Waals surface area contributed by atoms with E-state index in [0.29, 0.717) is 58.4 Å². The van der Waals surface area contributed by atoms with Gasteiger partial charge < -0.3 is 61.8 Å². The third-order valence-corrected chi connectivity index (χ3v) is 23.7. The molecule has 7 amide bonds. The number of hydroxylamine groups is 1. The molecule has 0 radical (unpaired) electrons. The van der Waals surface area contributed by atoms with Crippen LogP contribution in [0.5, 0.6) is 11.5 Å². The van der Waals surface area contributed by atoms with Crippen molar-refractivity contribution < 1.29 is 89.6 Å². The molecule has 0 bridgehead atoms. The molecule has 4 aromatic carbocycles. The van der Waals surface area contributed by atoms with Gasteiger partial charge in [0.05, 0.1) is 67.9 Å². The molecule has 6 atom stereocenters. The Morgan fingerprint density at radius 2 is 1.03 bits per heavy atom. The maximum atomic E-state index is 14.7. The Balaban J connectivity index is 0.000000292. The molecular formula is C85H109F5IN11O14S2. The Hall–Kier alpha value is -8.61. The number of Topliss-reactive ketones (excluding diaryl/α,β-unsaturated/α-hetero) is 2. The topological polar surface area (TPSA) is 352 Å². The number of hydrogen-bond acceptors (Lipinski definition) is 20. The lowest BCUT2D eigenvalue weighted by Gasteiger charge is -2.35. The van der Waals surface area contributed by atoms with Crippen LogP contribution in [0.3, 0.4) is 0 Å². The predicted octanol–water partition coefficient (Wildman–Crippen LogP) is 12.9. The molecule has 25 nitrogen and oxygen atoms in total. The van der Waals surface area contributed by atoms with E-state index in [1.807, 2.05) is 66.8 Å². The molecule has 4 fully saturated rings. The highest BCUT2D eigenvalue weighted by Gasteiger charge is 2.55. The summed E-state index contributed by atoms with van der Waals surface area (Å²) in [6.07, 6.45) is 9.57. The highest BCUT2D eigenvalue weighted by Crippen LogP contribution is 2.43. The number of halogens is 6. The van der Waals surface area contributed by atoms with E-state index >= 15 is 0 Å². The molecule has 2 aliphatic carbocycles. The normalized spacial score (nSPS) is 17.6. The van der Waals surface area contributed by atoms with Gasteiger partial charge in [0, 0.05) is 66.6 Å². The van der Waals surface area contributed by atoms with Crippen molar-refractivity contribution in [3.05, 3.63) is 127 Å². The van der Waals surface area contributed by atoms with E-state index in [4.69, 9.17) is 20.0 Å². The Labute approximate surface area is 706 Å². The fourth-order valence-corrected chi connectivity index (χ4v) is 15.8. The van der Waals surface area contributed by atoms with Crippen LogP contribution >= 0.6 is 45.3 Å². The molecule has 2 unspecified atom stereocenters. The number of carbonyl (C=O) groups is 9. The smallest absolute Gasteiger partial charge is 0.277 e. The van der Waals surface area contributed by atoms with Gasteiger partial charge in [-0.3, -0.25) is 48.0 Å². The quantitative estimate of drug-likeness (QED) is 0.00745. The average Bonchev–Trinajstić information content (AvgIpc) is 1.62. The molecular weight excluding hydrogens is 1690 g/mol. The number of hydrogen-bond donors (Lipinski definition) is 9. The van der Waals surface area contributed by atoms with Crippen molar-refractivity contribution in [3.8, 4) is 32.4 Å². The summed E-state index contributed by atoms with van der Waals surface area (Å²) >= 11 is 4.86. The van der Waals surface area contributed by atoms with Crippen molar-refractivity contribution in [3.63, 3.8) is 0 Å². The minimum absolute atomic E-state index is 0.00977. The zero-order chi connectivity index (χ0) is 85.8. The highest BCUT2D eigenvalue weighted by molar-refractivity contribution is 14.1. The number of thiazole rings is 2. The zero-order valence-electron chi connectivity index (χ0n) is 68.0. The lowest BCUT2D eigenvalue weighted by atomic mass is 9.85. The van der Waals surface area contributed by atoms with Crippen LogP contribution in [-0.4, -0.2) is 170 Å². The lowest BCUT2D eigenvalue weighted by Crippen LogP contribution is -2.59. The van der Waals surface area contributed by atoms with Crippen LogP contribution in [0.2, 0.25) is 0 Å². The number of amides is 7. The summed E-state index contributed by atoms with van der Waals surface area (Å²) in [6.45, 7) is 14.6. The summed E-state index contributed by atoms with van der Waals surface area (Å²) in [6, 6.07) is 12.8. The maximum Gasteiger partial charge on any atom is 0.277 e. The van der Waals surface area contributed by atoms with Crippen molar-refractivity contribution in [2.75, 3.05) is 44.8 Å². The van der Waals surface area contributed by atoms with Crippen LogP contribution in [0, 0.1) is 45.7 Å². The van der Waals surface area contributed by atoms with Crippen molar-refractivity contribution in [1.29, 1.82) is 0 Å². The van der Waals surface area contributed by atoms with Gasteiger partial charge in [-0.2, -0.15) is 0 Å². The van der Waals surface area contributed by atoms with E-state index in [9.17, 15) is 75.3 Å². The third kappa shape index (κ3) is 26.2. The Kier molecular flexibility index (Phi) is 33.6. The summed E-state index contributed by atoms with van der Waals surface area (Å²) < 4.78 is 85.0. The van der Waals surface area contributed by atoms with Crippen molar-refractivity contribution >= 4 is 110 Å². The number of nitrogens with one attached hydrogen (secondary N) is 6. The first-order valence-corrected chi connectivity index (χ1v) is 43.0. The summed E-state index contributed by atoms with van der Waals surface area (Å²) in [5, 5.41) is 34.5.